The number of hydrogen-bond acceptors (Lipinski definition) is 3. The zero-order chi connectivity index (χ0) is 12.1. The van der Waals surface area contributed by atoms with Crippen LogP contribution >= 0.6 is 15.9 Å². The Morgan fingerprint density at radius 1 is 1.56 bits per heavy atom. The molecule has 0 heterocycles. The van der Waals surface area contributed by atoms with Crippen molar-refractivity contribution in [2.24, 2.45) is 0 Å². The van der Waals surface area contributed by atoms with Crippen molar-refractivity contribution in [2.75, 3.05) is 11.9 Å². The van der Waals surface area contributed by atoms with E-state index in [9.17, 15) is 4.79 Å². The van der Waals surface area contributed by atoms with E-state index in [0.29, 0.717) is 6.61 Å². The number of anilines is 1. The maximum absolute atomic E-state index is 11.4. The number of rotatable bonds is 4. The minimum absolute atomic E-state index is 0.232. The van der Waals surface area contributed by atoms with Gasteiger partial charge in [-0.05, 0) is 44.5 Å². The van der Waals surface area contributed by atoms with E-state index in [2.05, 4.69) is 21.2 Å². The minimum Gasteiger partial charge on any atom is -0.464 e. The first-order valence-corrected chi connectivity index (χ1v) is 6.03. The number of nitrogens with one attached hydrogen (secondary N) is 1. The zero-order valence-electron chi connectivity index (χ0n) is 9.71. The number of esters is 1. The van der Waals surface area contributed by atoms with Crippen LogP contribution < -0.4 is 5.32 Å². The summed E-state index contributed by atoms with van der Waals surface area (Å²) in [5, 5.41) is 3.13. The van der Waals surface area contributed by atoms with Gasteiger partial charge in [0.1, 0.15) is 6.04 Å². The molecule has 0 bridgehead atoms. The average Bonchev–Trinajstić information content (AvgIpc) is 2.22. The summed E-state index contributed by atoms with van der Waals surface area (Å²) in [6.07, 6.45) is 0. The fraction of sp³-hybridized carbons (Fsp3) is 0.417. The van der Waals surface area contributed by atoms with E-state index in [1.54, 1.807) is 13.8 Å². The first kappa shape index (κ1) is 13.0. The van der Waals surface area contributed by atoms with Gasteiger partial charge >= 0.3 is 5.97 Å². The van der Waals surface area contributed by atoms with Gasteiger partial charge in [-0.2, -0.15) is 0 Å². The quantitative estimate of drug-likeness (QED) is 0.864. The molecule has 0 unspecified atom stereocenters. The molecule has 1 rings (SSSR count). The van der Waals surface area contributed by atoms with Crippen molar-refractivity contribution < 1.29 is 9.53 Å². The standard InChI is InChI=1S/C12H16BrNO2/c1-4-16-12(15)9(3)14-11-6-5-10(13)7-8(11)2/h5-7,9,14H,4H2,1-3H3/t9-/m0/s1. The summed E-state index contributed by atoms with van der Waals surface area (Å²) in [5.74, 6) is -0.232. The van der Waals surface area contributed by atoms with E-state index in [0.717, 1.165) is 15.7 Å². The molecule has 0 saturated carbocycles. The predicted molar refractivity (Wildman–Crippen MR) is 68.6 cm³/mol. The van der Waals surface area contributed by atoms with Crippen molar-refractivity contribution in [3.8, 4) is 0 Å². The largest absolute Gasteiger partial charge is 0.464 e. The van der Waals surface area contributed by atoms with Crippen LogP contribution in [0.15, 0.2) is 22.7 Å². The van der Waals surface area contributed by atoms with Gasteiger partial charge in [-0.25, -0.2) is 4.79 Å². The monoisotopic (exact) mass is 285 g/mol. The van der Waals surface area contributed by atoms with E-state index in [-0.39, 0.29) is 12.0 Å². The molecule has 0 aliphatic rings. The Hall–Kier alpha value is -1.03. The molecule has 0 fully saturated rings. The van der Waals surface area contributed by atoms with Crippen LogP contribution in [-0.2, 0) is 9.53 Å². The van der Waals surface area contributed by atoms with E-state index in [4.69, 9.17) is 4.74 Å². The molecule has 0 aromatic heterocycles. The molecule has 1 N–H and O–H groups in total. The Balaban J connectivity index is 2.69. The van der Waals surface area contributed by atoms with Crippen molar-refractivity contribution in [3.63, 3.8) is 0 Å². The van der Waals surface area contributed by atoms with E-state index in [1.807, 2.05) is 25.1 Å². The molecule has 0 spiro atoms. The second kappa shape index (κ2) is 5.89. The molecule has 0 radical (unpaired) electrons. The Morgan fingerprint density at radius 2 is 2.25 bits per heavy atom. The lowest BCUT2D eigenvalue weighted by Gasteiger charge is -2.15. The minimum atomic E-state index is -0.333. The molecule has 0 aliphatic carbocycles. The third kappa shape index (κ3) is 3.52. The molecular formula is C12H16BrNO2. The van der Waals surface area contributed by atoms with Crippen molar-refractivity contribution >= 4 is 27.6 Å². The molecule has 3 nitrogen and oxygen atoms in total. The van der Waals surface area contributed by atoms with Gasteiger partial charge in [0.25, 0.3) is 0 Å². The summed E-state index contributed by atoms with van der Waals surface area (Å²) in [5.41, 5.74) is 2.04. The van der Waals surface area contributed by atoms with Crippen LogP contribution in [0.1, 0.15) is 19.4 Å². The summed E-state index contributed by atoms with van der Waals surface area (Å²) in [4.78, 5) is 11.4. The summed E-state index contributed by atoms with van der Waals surface area (Å²) >= 11 is 3.40. The fourth-order valence-electron chi connectivity index (χ4n) is 1.35. The third-order valence-electron chi connectivity index (χ3n) is 2.20. The lowest BCUT2D eigenvalue weighted by molar-refractivity contribution is -0.143. The van der Waals surface area contributed by atoms with Crippen molar-refractivity contribution in [3.05, 3.63) is 28.2 Å². The molecule has 16 heavy (non-hydrogen) atoms. The normalized spacial score (nSPS) is 12.0. The van der Waals surface area contributed by atoms with Crippen LogP contribution in [0.2, 0.25) is 0 Å². The lowest BCUT2D eigenvalue weighted by atomic mass is 10.2. The highest BCUT2D eigenvalue weighted by atomic mass is 79.9. The highest BCUT2D eigenvalue weighted by Crippen LogP contribution is 2.20. The van der Waals surface area contributed by atoms with E-state index < -0.39 is 0 Å². The molecule has 1 atom stereocenters. The van der Waals surface area contributed by atoms with Gasteiger partial charge in [-0.15, -0.1) is 0 Å². The summed E-state index contributed by atoms with van der Waals surface area (Å²) < 4.78 is 5.96. The number of halogens is 1. The maximum atomic E-state index is 11.4. The smallest absolute Gasteiger partial charge is 0.328 e. The number of hydrogen-bond donors (Lipinski definition) is 1. The number of carbonyl (C=O) groups excluding carboxylic acids is 1. The van der Waals surface area contributed by atoms with Gasteiger partial charge < -0.3 is 10.1 Å². The van der Waals surface area contributed by atoms with Gasteiger partial charge in [0.15, 0.2) is 0 Å². The summed E-state index contributed by atoms with van der Waals surface area (Å²) in [7, 11) is 0. The summed E-state index contributed by atoms with van der Waals surface area (Å²) in [6.45, 7) is 5.99. The molecular weight excluding hydrogens is 270 g/mol. The third-order valence-corrected chi connectivity index (χ3v) is 2.69. The molecule has 1 aromatic carbocycles. The molecule has 1 aromatic rings. The average molecular weight is 286 g/mol. The Kier molecular flexibility index (Phi) is 4.80. The van der Waals surface area contributed by atoms with Gasteiger partial charge in [0.2, 0.25) is 0 Å². The number of carbonyl (C=O) groups is 1. The van der Waals surface area contributed by atoms with Crippen LogP contribution in [0.5, 0.6) is 0 Å². The second-order valence-corrected chi connectivity index (χ2v) is 4.49. The second-order valence-electron chi connectivity index (χ2n) is 3.58. The summed E-state index contributed by atoms with van der Waals surface area (Å²) in [6, 6.07) is 5.54. The van der Waals surface area contributed by atoms with Gasteiger partial charge in [-0.1, -0.05) is 15.9 Å². The maximum Gasteiger partial charge on any atom is 0.328 e. The predicted octanol–water partition coefficient (Wildman–Crippen LogP) is 3.12. The van der Waals surface area contributed by atoms with Crippen molar-refractivity contribution in [1.82, 2.24) is 0 Å². The van der Waals surface area contributed by atoms with Crippen LogP contribution in [0.4, 0.5) is 5.69 Å². The topological polar surface area (TPSA) is 38.3 Å². The van der Waals surface area contributed by atoms with Crippen LogP contribution in [0.3, 0.4) is 0 Å². The van der Waals surface area contributed by atoms with E-state index in [1.165, 1.54) is 0 Å². The van der Waals surface area contributed by atoms with Gasteiger partial charge in [0, 0.05) is 10.2 Å². The zero-order valence-corrected chi connectivity index (χ0v) is 11.3. The van der Waals surface area contributed by atoms with Crippen LogP contribution in [-0.4, -0.2) is 18.6 Å². The first-order chi connectivity index (χ1) is 7.54. The highest BCUT2D eigenvalue weighted by molar-refractivity contribution is 9.10. The Labute approximate surface area is 104 Å². The van der Waals surface area contributed by atoms with Crippen LogP contribution in [0.25, 0.3) is 0 Å². The highest BCUT2D eigenvalue weighted by Gasteiger charge is 2.14. The molecule has 0 saturated heterocycles. The number of aryl methyl sites for hydroxylation is 1. The van der Waals surface area contributed by atoms with Crippen LogP contribution in [0, 0.1) is 6.92 Å². The Morgan fingerprint density at radius 3 is 2.81 bits per heavy atom. The Bertz CT molecular complexity index is 379. The molecule has 88 valence electrons. The molecule has 4 heteroatoms. The first-order valence-electron chi connectivity index (χ1n) is 5.24. The SMILES string of the molecule is CCOC(=O)[C@H](C)Nc1ccc(Br)cc1C. The lowest BCUT2D eigenvalue weighted by Crippen LogP contribution is -2.28. The van der Waals surface area contributed by atoms with Gasteiger partial charge in [0.05, 0.1) is 6.61 Å². The molecule has 0 aliphatic heterocycles. The van der Waals surface area contributed by atoms with Gasteiger partial charge in [-0.3, -0.25) is 0 Å². The number of ether oxygens (including phenoxy) is 1. The number of benzene rings is 1. The fourth-order valence-corrected chi connectivity index (χ4v) is 1.82. The molecule has 0 amide bonds. The van der Waals surface area contributed by atoms with Crippen molar-refractivity contribution in [1.29, 1.82) is 0 Å². The van der Waals surface area contributed by atoms with Crippen molar-refractivity contribution in [2.45, 2.75) is 26.8 Å². The van der Waals surface area contributed by atoms with E-state index >= 15 is 0 Å².